The average Bonchev–Trinajstić information content (AvgIpc) is 1.77. The quantitative estimate of drug-likeness (QED) is 0.539. The first-order valence-electron chi connectivity index (χ1n) is 5.35. The van der Waals surface area contributed by atoms with E-state index in [0.717, 1.165) is 0 Å². The van der Waals surface area contributed by atoms with Gasteiger partial charge in [0, 0.05) is 0 Å². The lowest BCUT2D eigenvalue weighted by atomic mass is 10.2. The molecule has 0 aromatic rings. The Hall–Kier alpha value is 0.650. The second kappa shape index (κ2) is 3.59. The van der Waals surface area contributed by atoms with Gasteiger partial charge >= 0.3 is 0 Å². The van der Waals surface area contributed by atoms with Crippen molar-refractivity contribution in [3.8, 4) is 0 Å². The van der Waals surface area contributed by atoms with E-state index < -0.39 is 6.04 Å². The molecular weight excluding hydrogens is 207 g/mol. The first-order chi connectivity index (χ1) is 5.75. The molecule has 0 unspecified atom stereocenters. The molecule has 0 spiro atoms. The fourth-order valence-corrected chi connectivity index (χ4v) is 9.06. The summed E-state index contributed by atoms with van der Waals surface area (Å²) in [5.74, 6) is 0. The van der Waals surface area contributed by atoms with Gasteiger partial charge in [-0.1, -0.05) is 74.1 Å². The Balaban J connectivity index is 5.69. The summed E-state index contributed by atoms with van der Waals surface area (Å²) in [6.07, 6.45) is 0. The summed E-state index contributed by atoms with van der Waals surface area (Å²) < 4.78 is 0. The maximum Gasteiger partial charge on any atom is -0.00798 e. The third-order valence-corrected chi connectivity index (χ3v) is 13.4. The van der Waals surface area contributed by atoms with Gasteiger partial charge in [0.2, 0.25) is 0 Å². The molecule has 0 fully saturated rings. The molecule has 0 radical (unpaired) electrons. The highest BCUT2D eigenvalue weighted by Crippen LogP contribution is 2.74. The summed E-state index contributed by atoms with van der Waals surface area (Å²) in [6.45, 7) is 20.8. The summed E-state index contributed by atoms with van der Waals surface area (Å²) in [5, 5.41) is 0.747. The van der Waals surface area contributed by atoms with E-state index in [1.807, 2.05) is 0 Å². The van der Waals surface area contributed by atoms with Crippen LogP contribution in [0.15, 0.2) is 0 Å². The summed E-state index contributed by atoms with van der Waals surface area (Å²) in [4.78, 5) is 0. The molecule has 0 bridgehead atoms. The van der Waals surface area contributed by atoms with Gasteiger partial charge in [0.1, 0.15) is 0 Å². The van der Waals surface area contributed by atoms with Crippen LogP contribution in [0.4, 0.5) is 0 Å². The van der Waals surface area contributed by atoms with Crippen LogP contribution in [-0.2, 0) is 11.8 Å². The van der Waals surface area contributed by atoms with E-state index in [0.29, 0.717) is 0 Å². The molecule has 0 nitrogen and oxygen atoms in total. The fraction of sp³-hybridized carbons (Fsp3) is 1.00. The molecule has 0 aromatic heterocycles. The van der Waals surface area contributed by atoms with E-state index in [4.69, 9.17) is 11.8 Å². The average molecular weight is 234 g/mol. The molecule has 0 saturated heterocycles. The standard InChI is InChI=1S/C12H27PS/c1-10(2,3)13(14,11(4,5)6)12(7,8)9/h1-9H3. The van der Waals surface area contributed by atoms with Gasteiger partial charge in [-0.25, -0.2) is 0 Å². The Labute approximate surface area is 95.9 Å². The SMILES string of the molecule is CC(C)(C)P(=S)(C(C)(C)C)C(C)(C)C. The smallest absolute Gasteiger partial charge is 0.00798 e. The monoisotopic (exact) mass is 234 g/mol. The first-order valence-corrected chi connectivity index (χ1v) is 8.16. The molecule has 0 saturated carbocycles. The van der Waals surface area contributed by atoms with Gasteiger partial charge in [-0.15, -0.1) is 0 Å². The zero-order chi connectivity index (χ0) is 12.0. The first kappa shape index (κ1) is 14.6. The second-order valence-electron chi connectivity index (χ2n) is 7.12. The molecule has 0 heterocycles. The molecule has 0 aliphatic heterocycles. The minimum Gasteiger partial charge on any atom is -0.0959 e. The van der Waals surface area contributed by atoms with Gasteiger partial charge in [0.05, 0.1) is 0 Å². The van der Waals surface area contributed by atoms with Crippen molar-refractivity contribution in [1.29, 1.82) is 0 Å². The van der Waals surface area contributed by atoms with Crippen LogP contribution in [-0.4, -0.2) is 15.5 Å². The van der Waals surface area contributed by atoms with E-state index in [1.165, 1.54) is 0 Å². The highest BCUT2D eigenvalue weighted by Gasteiger charge is 2.48. The van der Waals surface area contributed by atoms with Crippen molar-refractivity contribution in [1.82, 2.24) is 0 Å². The van der Waals surface area contributed by atoms with Gasteiger partial charge in [0.15, 0.2) is 0 Å². The van der Waals surface area contributed by atoms with Crippen molar-refractivity contribution in [2.45, 2.75) is 77.8 Å². The predicted molar refractivity (Wildman–Crippen MR) is 73.5 cm³/mol. The van der Waals surface area contributed by atoms with Gasteiger partial charge < -0.3 is 0 Å². The Morgan fingerprint density at radius 1 is 0.571 bits per heavy atom. The van der Waals surface area contributed by atoms with Crippen LogP contribution >= 0.6 is 6.04 Å². The lowest BCUT2D eigenvalue weighted by Gasteiger charge is -2.53. The normalized spacial score (nSPS) is 15.8. The lowest BCUT2D eigenvalue weighted by Crippen LogP contribution is -2.38. The summed E-state index contributed by atoms with van der Waals surface area (Å²) >= 11 is 6.12. The Bertz CT molecular complexity index is 202. The zero-order valence-electron chi connectivity index (χ0n) is 11.4. The van der Waals surface area contributed by atoms with E-state index in [-0.39, 0.29) is 15.5 Å². The molecule has 86 valence electrons. The Morgan fingerprint density at radius 2 is 0.714 bits per heavy atom. The van der Waals surface area contributed by atoms with Crippen molar-refractivity contribution in [2.75, 3.05) is 0 Å². The van der Waals surface area contributed by atoms with Crippen molar-refractivity contribution < 1.29 is 0 Å². The molecular formula is C12H27PS. The maximum absolute atomic E-state index is 6.12. The molecule has 0 rings (SSSR count). The second-order valence-corrected chi connectivity index (χ2v) is 14.0. The van der Waals surface area contributed by atoms with Crippen LogP contribution in [0.2, 0.25) is 0 Å². The van der Waals surface area contributed by atoms with Crippen LogP contribution in [0.1, 0.15) is 62.3 Å². The van der Waals surface area contributed by atoms with Crippen LogP contribution in [0.5, 0.6) is 0 Å². The molecule has 14 heavy (non-hydrogen) atoms. The number of hydrogen-bond acceptors (Lipinski definition) is 1. The van der Waals surface area contributed by atoms with E-state index in [1.54, 1.807) is 0 Å². The van der Waals surface area contributed by atoms with Crippen LogP contribution < -0.4 is 0 Å². The molecule has 0 aromatic carbocycles. The third-order valence-electron chi connectivity index (χ3n) is 2.83. The van der Waals surface area contributed by atoms with Crippen LogP contribution in [0.25, 0.3) is 0 Å². The Kier molecular flexibility index (Phi) is 3.76. The highest BCUT2D eigenvalue weighted by molar-refractivity contribution is 8.16. The summed E-state index contributed by atoms with van der Waals surface area (Å²) in [6, 6.07) is -1.44. The number of rotatable bonds is 0. The van der Waals surface area contributed by atoms with Crippen molar-refractivity contribution in [3.63, 3.8) is 0 Å². The number of hydrogen-bond donors (Lipinski definition) is 0. The van der Waals surface area contributed by atoms with Crippen molar-refractivity contribution in [2.24, 2.45) is 0 Å². The molecule has 0 aliphatic carbocycles. The van der Waals surface area contributed by atoms with E-state index in [9.17, 15) is 0 Å². The summed E-state index contributed by atoms with van der Waals surface area (Å²) in [7, 11) is 0. The summed E-state index contributed by atoms with van der Waals surface area (Å²) in [5.41, 5.74) is 0. The maximum atomic E-state index is 6.12. The van der Waals surface area contributed by atoms with Gasteiger partial charge in [-0.05, 0) is 21.5 Å². The fourth-order valence-electron chi connectivity index (χ4n) is 3.02. The molecule has 0 amide bonds. The van der Waals surface area contributed by atoms with Gasteiger partial charge in [0.25, 0.3) is 0 Å². The lowest BCUT2D eigenvalue weighted by molar-refractivity contribution is 0.641. The predicted octanol–water partition coefficient (Wildman–Crippen LogP) is 4.86. The molecule has 0 atom stereocenters. The third kappa shape index (κ3) is 2.25. The Morgan fingerprint density at radius 3 is 0.714 bits per heavy atom. The van der Waals surface area contributed by atoms with Gasteiger partial charge in [-0.3, -0.25) is 0 Å². The van der Waals surface area contributed by atoms with Crippen LogP contribution in [0, 0.1) is 0 Å². The molecule has 2 heteroatoms. The van der Waals surface area contributed by atoms with E-state index in [2.05, 4.69) is 62.3 Å². The van der Waals surface area contributed by atoms with Crippen molar-refractivity contribution in [3.05, 3.63) is 0 Å². The van der Waals surface area contributed by atoms with Gasteiger partial charge in [-0.2, -0.15) is 0 Å². The van der Waals surface area contributed by atoms with E-state index >= 15 is 0 Å². The molecule has 0 N–H and O–H groups in total. The molecule has 0 aliphatic rings. The minimum atomic E-state index is -1.44. The zero-order valence-corrected chi connectivity index (χ0v) is 13.1. The van der Waals surface area contributed by atoms with Crippen molar-refractivity contribution >= 4 is 17.8 Å². The minimum absolute atomic E-state index is 0.249. The highest BCUT2D eigenvalue weighted by atomic mass is 32.4. The largest absolute Gasteiger partial charge is 0.0959 e. The van der Waals surface area contributed by atoms with Crippen LogP contribution in [0.3, 0.4) is 0 Å². The topological polar surface area (TPSA) is 0 Å².